The molecule has 0 N–H and O–H groups in total. The molecule has 1 saturated heterocycles. The lowest BCUT2D eigenvalue weighted by Gasteiger charge is -2.45. The van der Waals surface area contributed by atoms with Crippen molar-refractivity contribution < 1.29 is 19.0 Å². The minimum absolute atomic E-state index is 0. The first-order chi connectivity index (χ1) is 19.3. The summed E-state index contributed by atoms with van der Waals surface area (Å²) in [5, 5.41) is 0. The molecular formula is C35H48ClNO4. The number of ether oxygens (including phenoxy) is 3. The summed E-state index contributed by atoms with van der Waals surface area (Å²) in [4.78, 5) is 15.3. The number of nitrogens with zero attached hydrogens (tertiary/aromatic N) is 1. The smallest absolute Gasteiger partial charge is 0.311 e. The topological polar surface area (TPSA) is 48.0 Å². The average Bonchev–Trinajstić information content (AvgIpc) is 2.93. The standard InChI is InChI=1S/C35H47NO4.ClH/c1-25(11-8-14-27-12-6-5-7-13-27)28-24-30-29(23-26(28)2)34-31(15-9-16-32(34)40-35(30,3)4)39-33(37)17-10-18-36-19-21-38-22-20-36;/h5-7,9,12-13,15-16,25-26,28H,8,10-11,14,17-24H2,1-4H3;1H. The summed E-state index contributed by atoms with van der Waals surface area (Å²) in [5.74, 6) is 3.15. The Kier molecular flexibility index (Phi) is 11.0. The summed E-state index contributed by atoms with van der Waals surface area (Å²) in [7, 11) is 0. The Balaban J connectivity index is 0.00000387. The van der Waals surface area contributed by atoms with Gasteiger partial charge in [-0.05, 0) is 99.1 Å². The molecule has 41 heavy (non-hydrogen) atoms. The molecule has 224 valence electrons. The van der Waals surface area contributed by atoms with Crippen molar-refractivity contribution in [2.45, 2.75) is 78.2 Å². The van der Waals surface area contributed by atoms with Crippen molar-refractivity contribution in [1.29, 1.82) is 0 Å². The number of halogens is 1. The number of morpholine rings is 1. The van der Waals surface area contributed by atoms with Crippen LogP contribution in [0.25, 0.3) is 5.57 Å². The summed E-state index contributed by atoms with van der Waals surface area (Å²) < 4.78 is 18.1. The molecule has 5 nitrogen and oxygen atoms in total. The van der Waals surface area contributed by atoms with Gasteiger partial charge in [-0.3, -0.25) is 9.69 Å². The van der Waals surface area contributed by atoms with Gasteiger partial charge in [0.2, 0.25) is 0 Å². The molecule has 3 unspecified atom stereocenters. The third-order valence-corrected chi connectivity index (χ3v) is 9.32. The zero-order valence-corrected chi connectivity index (χ0v) is 26.1. The van der Waals surface area contributed by atoms with Crippen LogP contribution in [0.5, 0.6) is 11.5 Å². The summed E-state index contributed by atoms with van der Waals surface area (Å²) in [5.41, 5.74) is 4.78. The van der Waals surface area contributed by atoms with Gasteiger partial charge in [-0.1, -0.05) is 56.7 Å². The van der Waals surface area contributed by atoms with Gasteiger partial charge in [0.1, 0.15) is 17.1 Å². The predicted molar refractivity (Wildman–Crippen MR) is 168 cm³/mol. The zero-order chi connectivity index (χ0) is 28.1. The fraction of sp³-hybridized carbons (Fsp3) is 0.571. The van der Waals surface area contributed by atoms with E-state index in [9.17, 15) is 4.79 Å². The van der Waals surface area contributed by atoms with E-state index in [4.69, 9.17) is 14.2 Å². The predicted octanol–water partition coefficient (Wildman–Crippen LogP) is 7.76. The van der Waals surface area contributed by atoms with Crippen LogP contribution in [0.1, 0.15) is 77.3 Å². The average molecular weight is 582 g/mol. The number of hydrogen-bond acceptors (Lipinski definition) is 5. The molecule has 0 spiro atoms. The molecule has 0 amide bonds. The summed E-state index contributed by atoms with van der Waals surface area (Å²) >= 11 is 0. The maximum atomic E-state index is 12.9. The molecule has 2 aromatic carbocycles. The van der Waals surface area contributed by atoms with Crippen molar-refractivity contribution >= 4 is 23.9 Å². The first kappa shape index (κ1) is 31.6. The Hall–Kier alpha value is -2.34. The van der Waals surface area contributed by atoms with Crippen LogP contribution in [0.3, 0.4) is 0 Å². The van der Waals surface area contributed by atoms with Crippen LogP contribution in [0.2, 0.25) is 0 Å². The quantitative estimate of drug-likeness (QED) is 0.212. The zero-order valence-electron chi connectivity index (χ0n) is 25.3. The molecule has 2 aliphatic heterocycles. The fourth-order valence-electron chi connectivity index (χ4n) is 7.03. The van der Waals surface area contributed by atoms with E-state index in [2.05, 4.69) is 62.9 Å². The largest absolute Gasteiger partial charge is 0.483 e. The van der Waals surface area contributed by atoms with Crippen molar-refractivity contribution in [1.82, 2.24) is 4.90 Å². The van der Waals surface area contributed by atoms with E-state index in [1.54, 1.807) is 0 Å². The van der Waals surface area contributed by atoms with Crippen molar-refractivity contribution in [3.8, 4) is 11.5 Å². The van der Waals surface area contributed by atoms with E-state index >= 15 is 0 Å². The number of esters is 1. The molecule has 2 heterocycles. The molecule has 0 aromatic heterocycles. The molecular weight excluding hydrogens is 534 g/mol. The highest BCUT2D eigenvalue weighted by molar-refractivity contribution is 5.85. The van der Waals surface area contributed by atoms with Crippen molar-refractivity contribution in [2.24, 2.45) is 17.8 Å². The fourth-order valence-corrected chi connectivity index (χ4v) is 7.03. The van der Waals surface area contributed by atoms with Gasteiger partial charge >= 0.3 is 5.97 Å². The van der Waals surface area contributed by atoms with Gasteiger partial charge in [0.25, 0.3) is 0 Å². The number of allylic oxidation sites excluding steroid dienone is 1. The second-order valence-corrected chi connectivity index (χ2v) is 12.6. The highest BCUT2D eigenvalue weighted by atomic mass is 35.5. The number of benzene rings is 2. The van der Waals surface area contributed by atoms with Crippen molar-refractivity contribution in [3.63, 3.8) is 0 Å². The number of aryl methyl sites for hydroxylation is 1. The first-order valence-corrected chi connectivity index (χ1v) is 15.4. The van der Waals surface area contributed by atoms with Crippen LogP contribution in [-0.4, -0.2) is 49.3 Å². The number of carbonyl (C=O) groups is 1. The second-order valence-electron chi connectivity index (χ2n) is 12.6. The first-order valence-electron chi connectivity index (χ1n) is 15.4. The maximum Gasteiger partial charge on any atom is 0.311 e. The van der Waals surface area contributed by atoms with Crippen LogP contribution >= 0.6 is 12.4 Å². The molecule has 0 radical (unpaired) electrons. The Morgan fingerprint density at radius 3 is 2.56 bits per heavy atom. The van der Waals surface area contributed by atoms with Crippen LogP contribution in [0.4, 0.5) is 0 Å². The van der Waals surface area contributed by atoms with Gasteiger partial charge in [0.05, 0.1) is 18.8 Å². The van der Waals surface area contributed by atoms with Crippen LogP contribution in [0.15, 0.2) is 54.1 Å². The Bertz CT molecular complexity index is 1190. The van der Waals surface area contributed by atoms with Crippen molar-refractivity contribution in [2.75, 3.05) is 32.8 Å². The van der Waals surface area contributed by atoms with Crippen molar-refractivity contribution in [3.05, 3.63) is 65.2 Å². The van der Waals surface area contributed by atoms with Gasteiger partial charge in [0.15, 0.2) is 0 Å². The van der Waals surface area contributed by atoms with E-state index in [0.29, 0.717) is 29.9 Å². The summed E-state index contributed by atoms with van der Waals surface area (Å²) in [6, 6.07) is 16.7. The van der Waals surface area contributed by atoms with Gasteiger partial charge in [-0.15, -0.1) is 12.4 Å². The number of rotatable bonds is 10. The van der Waals surface area contributed by atoms with E-state index < -0.39 is 0 Å². The number of carbonyl (C=O) groups excluding carboxylic acids is 1. The second kappa shape index (κ2) is 14.2. The third-order valence-electron chi connectivity index (χ3n) is 9.32. The molecule has 6 heteroatoms. The number of fused-ring (bicyclic) bond motifs is 2. The van der Waals surface area contributed by atoms with Crippen LogP contribution in [0, 0.1) is 17.8 Å². The molecule has 2 aromatic rings. The highest BCUT2D eigenvalue weighted by Crippen LogP contribution is 2.54. The lowest BCUT2D eigenvalue weighted by atomic mass is 9.65. The van der Waals surface area contributed by atoms with Gasteiger partial charge in [-0.25, -0.2) is 0 Å². The maximum absolute atomic E-state index is 12.9. The van der Waals surface area contributed by atoms with Gasteiger partial charge in [0, 0.05) is 19.5 Å². The molecule has 0 saturated carbocycles. The SMILES string of the molecule is CC(CCCc1ccccc1)C1CC2=C(CC1C)c1c(OC(=O)CCCN3CCOCC3)cccc1OC2(C)C.Cl. The Labute approximate surface area is 253 Å². The molecule has 1 aliphatic carbocycles. The highest BCUT2D eigenvalue weighted by Gasteiger charge is 2.42. The van der Waals surface area contributed by atoms with Crippen LogP contribution < -0.4 is 9.47 Å². The molecule has 3 atom stereocenters. The van der Waals surface area contributed by atoms with Gasteiger partial charge in [-0.2, -0.15) is 0 Å². The summed E-state index contributed by atoms with van der Waals surface area (Å²) in [6.45, 7) is 13.6. The Morgan fingerprint density at radius 1 is 1.05 bits per heavy atom. The Morgan fingerprint density at radius 2 is 1.80 bits per heavy atom. The van der Waals surface area contributed by atoms with E-state index in [-0.39, 0.29) is 24.0 Å². The molecule has 3 aliphatic rings. The molecule has 1 fully saturated rings. The van der Waals surface area contributed by atoms with E-state index in [1.807, 2.05) is 18.2 Å². The lowest BCUT2D eigenvalue weighted by molar-refractivity contribution is -0.134. The normalized spacial score (nSPS) is 22.5. The lowest BCUT2D eigenvalue weighted by Crippen LogP contribution is -2.40. The minimum atomic E-state index is -0.370. The molecule has 5 rings (SSSR count). The van der Waals surface area contributed by atoms with Crippen LogP contribution in [-0.2, 0) is 16.0 Å². The monoisotopic (exact) mass is 581 g/mol. The number of hydrogen-bond donors (Lipinski definition) is 0. The van der Waals surface area contributed by atoms with E-state index in [1.165, 1.54) is 29.6 Å². The third kappa shape index (κ3) is 7.74. The van der Waals surface area contributed by atoms with Gasteiger partial charge < -0.3 is 14.2 Å². The minimum Gasteiger partial charge on any atom is -0.483 e. The summed E-state index contributed by atoms with van der Waals surface area (Å²) in [6.07, 6.45) is 6.84. The van der Waals surface area contributed by atoms with E-state index in [0.717, 1.165) is 69.8 Å². The molecule has 0 bridgehead atoms.